The Bertz CT molecular complexity index is 372. The Balaban J connectivity index is 1.84. The number of hydrogen-bond donors (Lipinski definition) is 1. The maximum Gasteiger partial charge on any atom is 0.319 e. The summed E-state index contributed by atoms with van der Waals surface area (Å²) in [6, 6.07) is 1.80. The van der Waals surface area contributed by atoms with Crippen LogP contribution in [-0.2, 0) is 9.57 Å². The average molecular weight is 226 g/mol. The van der Waals surface area contributed by atoms with Gasteiger partial charge in [0.25, 0.3) is 0 Å². The van der Waals surface area contributed by atoms with E-state index in [9.17, 15) is 0 Å². The van der Waals surface area contributed by atoms with Crippen molar-refractivity contribution >= 4 is 5.82 Å². The van der Waals surface area contributed by atoms with E-state index in [1.165, 1.54) is 11.3 Å². The standard InChI is InChI=1S/C9H14N4O3/c1-9(2)15-6-13(16-9)5-14-8-11-4-3-7(10)12-8/h3-4H,5-6H2,1-2H3,(H2,10,11,12). The van der Waals surface area contributed by atoms with Crippen LogP contribution in [0.25, 0.3) is 0 Å². The number of nitrogens with zero attached hydrogens (tertiary/aromatic N) is 3. The van der Waals surface area contributed by atoms with Crippen molar-refractivity contribution < 1.29 is 14.3 Å². The van der Waals surface area contributed by atoms with Crippen LogP contribution in [0.4, 0.5) is 5.82 Å². The summed E-state index contributed by atoms with van der Waals surface area (Å²) in [6.45, 7) is 4.18. The molecule has 2 heterocycles. The molecule has 16 heavy (non-hydrogen) atoms. The third-order valence-electron chi connectivity index (χ3n) is 1.90. The molecule has 88 valence electrons. The molecule has 0 atom stereocenters. The molecule has 0 aliphatic carbocycles. The first-order valence-electron chi connectivity index (χ1n) is 4.84. The molecule has 0 bridgehead atoms. The van der Waals surface area contributed by atoms with Gasteiger partial charge in [-0.2, -0.15) is 4.98 Å². The molecule has 1 saturated heterocycles. The van der Waals surface area contributed by atoms with Crippen molar-refractivity contribution in [3.05, 3.63) is 12.3 Å². The Labute approximate surface area is 93.1 Å². The van der Waals surface area contributed by atoms with Gasteiger partial charge in [0.2, 0.25) is 0 Å². The highest BCUT2D eigenvalue weighted by molar-refractivity contribution is 5.26. The maximum atomic E-state index is 5.48. The van der Waals surface area contributed by atoms with Crippen molar-refractivity contribution in [1.29, 1.82) is 0 Å². The molecule has 2 N–H and O–H groups in total. The normalized spacial score (nSPS) is 19.9. The first-order valence-corrected chi connectivity index (χ1v) is 4.84. The zero-order chi connectivity index (χ0) is 11.6. The highest BCUT2D eigenvalue weighted by Crippen LogP contribution is 2.20. The van der Waals surface area contributed by atoms with Crippen LogP contribution in [0.1, 0.15) is 13.8 Å². The fourth-order valence-electron chi connectivity index (χ4n) is 1.21. The predicted molar refractivity (Wildman–Crippen MR) is 54.9 cm³/mol. The van der Waals surface area contributed by atoms with E-state index >= 15 is 0 Å². The average Bonchev–Trinajstić information content (AvgIpc) is 2.56. The van der Waals surface area contributed by atoms with E-state index in [4.69, 9.17) is 20.0 Å². The molecular weight excluding hydrogens is 212 g/mol. The van der Waals surface area contributed by atoms with E-state index in [2.05, 4.69) is 9.97 Å². The molecule has 0 radical (unpaired) electrons. The quantitative estimate of drug-likeness (QED) is 0.796. The molecule has 1 aliphatic rings. The molecule has 7 nitrogen and oxygen atoms in total. The predicted octanol–water partition coefficient (Wildman–Crippen LogP) is 0.352. The van der Waals surface area contributed by atoms with Gasteiger partial charge in [-0.05, 0) is 19.9 Å². The van der Waals surface area contributed by atoms with Crippen LogP contribution in [0.15, 0.2) is 12.3 Å². The van der Waals surface area contributed by atoms with Crippen molar-refractivity contribution in [2.45, 2.75) is 19.6 Å². The summed E-state index contributed by atoms with van der Waals surface area (Å²) in [5.74, 6) is -0.246. The fraction of sp³-hybridized carbons (Fsp3) is 0.556. The Morgan fingerprint density at radius 1 is 1.62 bits per heavy atom. The number of hydrogen-bond acceptors (Lipinski definition) is 7. The third kappa shape index (κ3) is 2.78. The second-order valence-electron chi connectivity index (χ2n) is 3.78. The molecule has 0 saturated carbocycles. The number of hydroxylamine groups is 2. The van der Waals surface area contributed by atoms with E-state index in [0.29, 0.717) is 12.5 Å². The molecule has 0 aromatic carbocycles. The molecule has 1 aromatic heterocycles. The van der Waals surface area contributed by atoms with Crippen molar-refractivity contribution in [2.24, 2.45) is 0 Å². The molecule has 0 spiro atoms. The van der Waals surface area contributed by atoms with Crippen LogP contribution in [-0.4, -0.2) is 34.3 Å². The lowest BCUT2D eigenvalue weighted by Crippen LogP contribution is -2.28. The minimum atomic E-state index is -0.611. The van der Waals surface area contributed by atoms with Gasteiger partial charge in [-0.15, -0.1) is 5.06 Å². The van der Waals surface area contributed by atoms with E-state index in [-0.39, 0.29) is 12.7 Å². The van der Waals surface area contributed by atoms with E-state index in [0.717, 1.165) is 0 Å². The van der Waals surface area contributed by atoms with Gasteiger partial charge in [0, 0.05) is 6.20 Å². The van der Waals surface area contributed by atoms with Gasteiger partial charge in [0.15, 0.2) is 12.5 Å². The summed E-state index contributed by atoms with van der Waals surface area (Å²) < 4.78 is 10.6. The van der Waals surface area contributed by atoms with Gasteiger partial charge in [0.05, 0.1) is 0 Å². The Hall–Kier alpha value is -1.44. The number of ether oxygens (including phenoxy) is 2. The highest BCUT2D eigenvalue weighted by atomic mass is 16.9. The Morgan fingerprint density at radius 3 is 3.06 bits per heavy atom. The number of nitrogen functional groups attached to an aromatic ring is 1. The zero-order valence-corrected chi connectivity index (χ0v) is 9.21. The maximum absolute atomic E-state index is 5.48. The summed E-state index contributed by atoms with van der Waals surface area (Å²) in [4.78, 5) is 13.2. The molecule has 1 aromatic rings. The van der Waals surface area contributed by atoms with Crippen molar-refractivity contribution in [3.63, 3.8) is 0 Å². The number of aromatic nitrogens is 2. The van der Waals surface area contributed by atoms with Crippen molar-refractivity contribution in [3.8, 4) is 6.01 Å². The smallest absolute Gasteiger partial charge is 0.319 e. The molecule has 7 heteroatoms. The van der Waals surface area contributed by atoms with Crippen LogP contribution in [0.3, 0.4) is 0 Å². The Morgan fingerprint density at radius 2 is 2.44 bits per heavy atom. The minimum Gasteiger partial charge on any atom is -0.445 e. The first-order chi connectivity index (χ1) is 7.55. The van der Waals surface area contributed by atoms with Crippen molar-refractivity contribution in [1.82, 2.24) is 15.0 Å². The zero-order valence-electron chi connectivity index (χ0n) is 9.21. The number of nitrogens with two attached hydrogens (primary N) is 1. The van der Waals surface area contributed by atoms with Crippen molar-refractivity contribution in [2.75, 3.05) is 19.2 Å². The summed E-state index contributed by atoms with van der Waals surface area (Å²) in [5, 5.41) is 1.53. The molecule has 2 rings (SSSR count). The minimum absolute atomic E-state index is 0.187. The fourth-order valence-corrected chi connectivity index (χ4v) is 1.21. The largest absolute Gasteiger partial charge is 0.445 e. The van der Waals surface area contributed by atoms with E-state index < -0.39 is 5.79 Å². The van der Waals surface area contributed by atoms with Gasteiger partial charge in [-0.25, -0.2) is 4.98 Å². The van der Waals surface area contributed by atoms with Crippen LogP contribution >= 0.6 is 0 Å². The molecular formula is C9H14N4O3. The second kappa shape index (κ2) is 4.20. The molecule has 0 amide bonds. The topological polar surface area (TPSA) is 82.7 Å². The number of rotatable bonds is 3. The summed E-state index contributed by atoms with van der Waals surface area (Å²) in [5.41, 5.74) is 5.48. The molecule has 1 fully saturated rings. The van der Waals surface area contributed by atoms with Gasteiger partial charge in [-0.1, -0.05) is 0 Å². The van der Waals surface area contributed by atoms with E-state index in [1.807, 2.05) is 13.8 Å². The Kier molecular flexibility index (Phi) is 2.90. The lowest BCUT2D eigenvalue weighted by atomic mass is 10.4. The molecule has 0 unspecified atom stereocenters. The van der Waals surface area contributed by atoms with Crippen LogP contribution in [0.5, 0.6) is 6.01 Å². The van der Waals surface area contributed by atoms with E-state index in [1.54, 1.807) is 6.07 Å². The van der Waals surface area contributed by atoms with Crippen LogP contribution < -0.4 is 10.5 Å². The lowest BCUT2D eigenvalue weighted by Gasteiger charge is -2.17. The first kappa shape index (κ1) is 11.1. The molecule has 1 aliphatic heterocycles. The highest BCUT2D eigenvalue weighted by Gasteiger charge is 2.31. The van der Waals surface area contributed by atoms with Gasteiger partial charge in [-0.3, -0.25) is 4.84 Å². The summed E-state index contributed by atoms with van der Waals surface area (Å²) in [6.07, 6.45) is 1.53. The van der Waals surface area contributed by atoms with Crippen LogP contribution in [0, 0.1) is 0 Å². The number of anilines is 1. The second-order valence-corrected chi connectivity index (χ2v) is 3.78. The summed E-state index contributed by atoms with van der Waals surface area (Å²) >= 11 is 0. The van der Waals surface area contributed by atoms with Gasteiger partial charge in [0.1, 0.15) is 12.5 Å². The SMILES string of the molecule is CC1(C)OCN(COc2nccc(N)n2)O1. The van der Waals surface area contributed by atoms with Gasteiger partial charge >= 0.3 is 6.01 Å². The lowest BCUT2D eigenvalue weighted by molar-refractivity contribution is -0.231. The monoisotopic (exact) mass is 226 g/mol. The third-order valence-corrected chi connectivity index (χ3v) is 1.90. The van der Waals surface area contributed by atoms with Crippen LogP contribution in [0.2, 0.25) is 0 Å². The summed E-state index contributed by atoms with van der Waals surface area (Å²) in [7, 11) is 0. The van der Waals surface area contributed by atoms with Gasteiger partial charge < -0.3 is 15.2 Å².